The lowest BCUT2D eigenvalue weighted by molar-refractivity contribution is 0.670. The van der Waals surface area contributed by atoms with E-state index in [0.717, 1.165) is 72.0 Å². The first kappa shape index (κ1) is 35.6. The molecule has 0 radical (unpaired) electrons. The van der Waals surface area contributed by atoms with E-state index in [2.05, 4.69) is 193 Å². The monoisotopic (exact) mass is 822 g/mol. The van der Waals surface area contributed by atoms with Gasteiger partial charge in [-0.1, -0.05) is 152 Å². The van der Waals surface area contributed by atoms with Crippen LogP contribution in [0.5, 0.6) is 0 Å². The van der Waals surface area contributed by atoms with Gasteiger partial charge in [0.05, 0.1) is 16.6 Å². The minimum absolute atomic E-state index is 0.536. The normalized spacial score (nSPS) is 11.8. The van der Waals surface area contributed by atoms with E-state index in [0.29, 0.717) is 17.5 Å². The second-order valence-corrected chi connectivity index (χ2v) is 17.0. The number of rotatable bonds is 6. The van der Waals surface area contributed by atoms with Gasteiger partial charge >= 0.3 is 0 Å². The average Bonchev–Trinajstić information content (AvgIpc) is 4.04. The zero-order chi connectivity index (χ0) is 41.4. The van der Waals surface area contributed by atoms with Crippen LogP contribution in [0.15, 0.2) is 211 Å². The quantitative estimate of drug-likeness (QED) is 0.168. The van der Waals surface area contributed by atoms with E-state index in [1.54, 1.807) is 11.3 Å². The van der Waals surface area contributed by atoms with Crippen LogP contribution in [0, 0.1) is 0 Å². The Balaban J connectivity index is 1.10. The fourth-order valence-electron chi connectivity index (χ4n) is 9.31. The molecule has 0 spiro atoms. The second-order valence-electron chi connectivity index (χ2n) is 16.0. The van der Waals surface area contributed by atoms with Gasteiger partial charge in [-0.25, -0.2) is 15.0 Å². The molecule has 0 saturated carbocycles. The Labute approximate surface area is 365 Å². The molecule has 0 aliphatic rings. The van der Waals surface area contributed by atoms with Gasteiger partial charge in [-0.15, -0.1) is 11.3 Å². The van der Waals surface area contributed by atoms with Crippen molar-refractivity contribution >= 4 is 75.3 Å². The molecular weight excluding hydrogens is 789 g/mol. The zero-order valence-electron chi connectivity index (χ0n) is 33.7. The summed E-state index contributed by atoms with van der Waals surface area (Å²) < 4.78 is 12.0. The van der Waals surface area contributed by atoms with E-state index in [1.807, 2.05) is 18.2 Å². The fourth-order valence-corrected chi connectivity index (χ4v) is 10.4. The van der Waals surface area contributed by atoms with Crippen molar-refractivity contribution in [2.24, 2.45) is 0 Å². The topological polar surface area (TPSA) is 56.7 Å². The number of benzene rings is 9. The van der Waals surface area contributed by atoms with Crippen LogP contribution in [0.1, 0.15) is 0 Å². The van der Waals surface area contributed by atoms with Crippen LogP contribution < -0.4 is 0 Å². The molecular formula is C57H34N4OS. The Hall–Kier alpha value is -8.19. The predicted octanol–water partition coefficient (Wildman–Crippen LogP) is 15.6. The molecule has 4 heterocycles. The third-order valence-corrected chi connectivity index (χ3v) is 13.4. The van der Waals surface area contributed by atoms with Crippen molar-refractivity contribution in [3.63, 3.8) is 0 Å². The summed E-state index contributed by atoms with van der Waals surface area (Å²) in [6.07, 6.45) is 0. The molecule has 0 N–H and O–H groups in total. The number of hydrogen-bond donors (Lipinski definition) is 0. The highest BCUT2D eigenvalue weighted by Crippen LogP contribution is 2.44. The van der Waals surface area contributed by atoms with Gasteiger partial charge < -0.3 is 8.98 Å². The summed E-state index contributed by atoms with van der Waals surface area (Å²) in [5.41, 5.74) is 11.8. The summed E-state index contributed by atoms with van der Waals surface area (Å²) in [7, 11) is 0. The fraction of sp³-hybridized carbons (Fsp3) is 0. The van der Waals surface area contributed by atoms with E-state index in [1.165, 1.54) is 36.5 Å². The molecule has 4 aromatic heterocycles. The molecule has 13 aromatic rings. The average molecular weight is 823 g/mol. The van der Waals surface area contributed by atoms with Crippen LogP contribution >= 0.6 is 11.3 Å². The largest absolute Gasteiger partial charge is 0.455 e. The lowest BCUT2D eigenvalue weighted by atomic mass is 9.97. The highest BCUT2D eigenvalue weighted by molar-refractivity contribution is 7.25. The summed E-state index contributed by atoms with van der Waals surface area (Å²) in [5, 5.41) is 6.80. The Morgan fingerprint density at radius 3 is 1.68 bits per heavy atom. The number of para-hydroxylation sites is 3. The molecule has 0 unspecified atom stereocenters. The van der Waals surface area contributed by atoms with Gasteiger partial charge in [0.2, 0.25) is 0 Å². The maximum Gasteiger partial charge on any atom is 0.167 e. The van der Waals surface area contributed by atoms with Gasteiger partial charge in [0.25, 0.3) is 0 Å². The minimum atomic E-state index is 0.536. The second kappa shape index (κ2) is 14.2. The van der Waals surface area contributed by atoms with Crippen LogP contribution in [0.25, 0.3) is 126 Å². The van der Waals surface area contributed by atoms with Gasteiger partial charge in [-0.2, -0.15) is 0 Å². The van der Waals surface area contributed by atoms with E-state index in [4.69, 9.17) is 19.4 Å². The number of hydrogen-bond acceptors (Lipinski definition) is 5. The summed E-state index contributed by atoms with van der Waals surface area (Å²) in [4.78, 5) is 15.9. The van der Waals surface area contributed by atoms with E-state index < -0.39 is 0 Å². The Morgan fingerprint density at radius 2 is 0.905 bits per heavy atom. The lowest BCUT2D eigenvalue weighted by Gasteiger charge is -2.12. The van der Waals surface area contributed by atoms with Gasteiger partial charge in [0.1, 0.15) is 11.2 Å². The molecule has 0 aliphatic carbocycles. The van der Waals surface area contributed by atoms with Crippen molar-refractivity contribution < 1.29 is 4.42 Å². The van der Waals surface area contributed by atoms with Crippen LogP contribution in [0.3, 0.4) is 0 Å². The van der Waals surface area contributed by atoms with Crippen molar-refractivity contribution in [3.8, 4) is 62.1 Å². The van der Waals surface area contributed by atoms with Crippen LogP contribution in [0.4, 0.5) is 0 Å². The van der Waals surface area contributed by atoms with Crippen molar-refractivity contribution in [3.05, 3.63) is 206 Å². The molecule has 294 valence electrons. The highest BCUT2D eigenvalue weighted by atomic mass is 32.1. The number of nitrogens with zero attached hydrogens (tertiary/aromatic N) is 4. The van der Waals surface area contributed by atoms with Crippen molar-refractivity contribution in [1.29, 1.82) is 0 Å². The molecule has 0 fully saturated rings. The molecule has 63 heavy (non-hydrogen) atoms. The summed E-state index contributed by atoms with van der Waals surface area (Å²) in [5.74, 6) is 1.73. The van der Waals surface area contributed by atoms with Crippen LogP contribution in [-0.4, -0.2) is 19.5 Å². The lowest BCUT2D eigenvalue weighted by Crippen LogP contribution is -2.01. The van der Waals surface area contributed by atoms with E-state index in [9.17, 15) is 0 Å². The first-order valence-corrected chi connectivity index (χ1v) is 21.9. The summed E-state index contributed by atoms with van der Waals surface area (Å²) >= 11 is 1.80. The standard InChI is InChI=1S/C57H34N4OS/c1-3-15-35(16-4-1)37-19-13-20-38(31-37)41-24-14-25-45-47-33-40(61-49-26-10-7-21-42(49)43-22-8-11-27-50(43)61)34-48(54(47)62-53(41)45)57-59-55(36-17-5-2-6-18-36)58-56(60-57)39-29-30-52-46(32-39)44-23-9-12-28-51(44)63-52/h1-34H. The first-order valence-electron chi connectivity index (χ1n) is 21.1. The van der Waals surface area contributed by atoms with Crippen molar-refractivity contribution in [2.45, 2.75) is 0 Å². The third-order valence-electron chi connectivity index (χ3n) is 12.2. The van der Waals surface area contributed by atoms with Crippen LogP contribution in [0.2, 0.25) is 0 Å². The Morgan fingerprint density at radius 1 is 0.333 bits per heavy atom. The summed E-state index contributed by atoms with van der Waals surface area (Å²) in [6.45, 7) is 0. The Bertz CT molecular complexity index is 3870. The minimum Gasteiger partial charge on any atom is -0.455 e. The van der Waals surface area contributed by atoms with Crippen molar-refractivity contribution in [1.82, 2.24) is 19.5 Å². The number of thiophene rings is 1. The van der Waals surface area contributed by atoms with Gasteiger partial charge in [-0.05, 0) is 71.3 Å². The molecule has 5 nitrogen and oxygen atoms in total. The van der Waals surface area contributed by atoms with Gasteiger partial charge in [-0.3, -0.25) is 0 Å². The number of fused-ring (bicyclic) bond motifs is 9. The van der Waals surface area contributed by atoms with Gasteiger partial charge in [0, 0.05) is 64.1 Å². The molecule has 0 atom stereocenters. The molecule has 0 bridgehead atoms. The van der Waals surface area contributed by atoms with Crippen LogP contribution in [-0.2, 0) is 0 Å². The first-order chi connectivity index (χ1) is 31.2. The number of aromatic nitrogens is 4. The van der Waals surface area contributed by atoms with E-state index in [-0.39, 0.29) is 0 Å². The molecule has 0 saturated heterocycles. The van der Waals surface area contributed by atoms with Crippen molar-refractivity contribution in [2.75, 3.05) is 0 Å². The Kier molecular flexibility index (Phi) is 8.01. The molecule has 0 aliphatic heterocycles. The maximum absolute atomic E-state index is 7.19. The molecule has 9 aromatic carbocycles. The summed E-state index contributed by atoms with van der Waals surface area (Å²) in [6, 6.07) is 72.7. The van der Waals surface area contributed by atoms with Gasteiger partial charge in [0.15, 0.2) is 17.5 Å². The highest BCUT2D eigenvalue weighted by Gasteiger charge is 2.23. The molecule has 0 amide bonds. The predicted molar refractivity (Wildman–Crippen MR) is 262 cm³/mol. The van der Waals surface area contributed by atoms with E-state index >= 15 is 0 Å². The molecule has 6 heteroatoms. The third kappa shape index (κ3) is 5.80. The SMILES string of the molecule is c1ccc(-c2cccc(-c3cccc4c3oc3c(-c5nc(-c6ccccc6)nc(-c6ccc7sc8ccccc8c7c6)n5)cc(-n5c6ccccc6c6ccccc65)cc34)c2)cc1. The zero-order valence-corrected chi connectivity index (χ0v) is 34.6. The number of furan rings is 1. The molecule has 13 rings (SSSR count). The smallest absolute Gasteiger partial charge is 0.167 e. The maximum atomic E-state index is 7.19.